The number of hydrogen-bond donors (Lipinski definition) is 1. The van der Waals surface area contributed by atoms with Crippen LogP contribution in [0.25, 0.3) is 0 Å². The predicted octanol–water partition coefficient (Wildman–Crippen LogP) is 4.55. The molecule has 2 aromatic carbocycles. The minimum Gasteiger partial charge on any atom is -0.370 e. The first-order chi connectivity index (χ1) is 10.9. The van der Waals surface area contributed by atoms with Gasteiger partial charge >= 0.3 is 0 Å². The van der Waals surface area contributed by atoms with E-state index in [1.807, 2.05) is 43.0 Å². The largest absolute Gasteiger partial charge is 0.370 e. The molecular weight excluding hydrogens is 284 g/mol. The summed E-state index contributed by atoms with van der Waals surface area (Å²) in [5.41, 5.74) is 3.84. The summed E-state index contributed by atoms with van der Waals surface area (Å²) in [6.45, 7) is 8.83. The molecule has 0 saturated heterocycles. The average molecular weight is 308 g/mol. The fraction of sp³-hybridized carbons (Fsp3) is 0.350. The monoisotopic (exact) mass is 308 g/mol. The van der Waals surface area contributed by atoms with Gasteiger partial charge in [0.25, 0.3) is 5.91 Å². The third-order valence-corrected chi connectivity index (χ3v) is 4.41. The second-order valence-electron chi connectivity index (χ2n) is 7.05. The first-order valence-corrected chi connectivity index (χ1v) is 8.16. The Bertz CT molecular complexity index is 717. The van der Waals surface area contributed by atoms with E-state index >= 15 is 0 Å². The number of carbonyl (C=O) groups excluding carboxylic acids is 1. The number of anilines is 2. The minimum absolute atomic E-state index is 0.101. The molecule has 0 aliphatic carbocycles. The van der Waals surface area contributed by atoms with E-state index in [2.05, 4.69) is 43.4 Å². The van der Waals surface area contributed by atoms with Gasteiger partial charge in [0, 0.05) is 0 Å². The topological polar surface area (TPSA) is 32.3 Å². The molecule has 0 bridgehead atoms. The average Bonchev–Trinajstić information content (AvgIpc) is 2.52. The number of fused-ring (bicyclic) bond motifs is 1. The van der Waals surface area contributed by atoms with Crippen molar-refractivity contribution in [3.8, 4) is 0 Å². The van der Waals surface area contributed by atoms with Gasteiger partial charge in [-0.15, -0.1) is 0 Å². The molecule has 2 aromatic rings. The summed E-state index contributed by atoms with van der Waals surface area (Å²) in [7, 11) is 0. The maximum atomic E-state index is 12.9. The van der Waals surface area contributed by atoms with Crippen molar-refractivity contribution in [2.24, 2.45) is 0 Å². The van der Waals surface area contributed by atoms with Crippen LogP contribution < -0.4 is 10.2 Å². The standard InChI is InChI=1S/C20H24N2O/c1-14(2)16-11-9-15(10-12-16)13-22-18-8-6-5-7-17(18)21-20(3,4)19(22)23/h5-12,14,21H,13H2,1-4H3. The van der Waals surface area contributed by atoms with Gasteiger partial charge in [-0.25, -0.2) is 0 Å². The second kappa shape index (κ2) is 5.73. The fourth-order valence-corrected chi connectivity index (χ4v) is 3.00. The predicted molar refractivity (Wildman–Crippen MR) is 95.9 cm³/mol. The SMILES string of the molecule is CC(C)c1ccc(CN2C(=O)C(C)(C)Nc3ccccc32)cc1. The van der Waals surface area contributed by atoms with Crippen molar-refractivity contribution in [3.63, 3.8) is 0 Å². The molecule has 0 unspecified atom stereocenters. The number of rotatable bonds is 3. The number of nitrogens with one attached hydrogen (secondary N) is 1. The van der Waals surface area contributed by atoms with Crippen LogP contribution in [-0.2, 0) is 11.3 Å². The lowest BCUT2D eigenvalue weighted by molar-refractivity contribution is -0.122. The molecule has 0 saturated carbocycles. The first-order valence-electron chi connectivity index (χ1n) is 8.16. The van der Waals surface area contributed by atoms with Crippen LogP contribution in [0.5, 0.6) is 0 Å². The Balaban J connectivity index is 1.93. The van der Waals surface area contributed by atoms with Gasteiger partial charge in [0.2, 0.25) is 0 Å². The highest BCUT2D eigenvalue weighted by molar-refractivity contribution is 6.07. The number of hydrogen-bond acceptors (Lipinski definition) is 2. The molecule has 0 fully saturated rings. The van der Waals surface area contributed by atoms with Crippen molar-refractivity contribution < 1.29 is 4.79 Å². The highest BCUT2D eigenvalue weighted by Gasteiger charge is 2.38. The lowest BCUT2D eigenvalue weighted by atomic mass is 9.97. The van der Waals surface area contributed by atoms with E-state index in [0.717, 1.165) is 16.9 Å². The third-order valence-electron chi connectivity index (χ3n) is 4.41. The molecule has 3 rings (SSSR count). The summed E-state index contributed by atoms with van der Waals surface area (Å²) in [5, 5.41) is 3.33. The van der Waals surface area contributed by atoms with E-state index in [-0.39, 0.29) is 5.91 Å². The maximum absolute atomic E-state index is 12.9. The van der Waals surface area contributed by atoms with E-state index in [4.69, 9.17) is 0 Å². The molecule has 0 atom stereocenters. The number of benzene rings is 2. The molecule has 1 amide bonds. The van der Waals surface area contributed by atoms with Crippen molar-refractivity contribution in [3.05, 3.63) is 59.7 Å². The summed E-state index contributed by atoms with van der Waals surface area (Å²) >= 11 is 0. The molecule has 120 valence electrons. The summed E-state index contributed by atoms with van der Waals surface area (Å²) < 4.78 is 0. The van der Waals surface area contributed by atoms with Crippen molar-refractivity contribution in [1.82, 2.24) is 0 Å². The van der Waals surface area contributed by atoms with E-state index in [1.165, 1.54) is 5.56 Å². The number of nitrogens with zero attached hydrogens (tertiary/aromatic N) is 1. The van der Waals surface area contributed by atoms with Crippen LogP contribution in [0.1, 0.15) is 44.7 Å². The van der Waals surface area contributed by atoms with Crippen molar-refractivity contribution in [2.75, 3.05) is 10.2 Å². The molecule has 3 nitrogen and oxygen atoms in total. The number of carbonyl (C=O) groups is 1. The molecule has 1 heterocycles. The Morgan fingerprint density at radius 1 is 1.04 bits per heavy atom. The molecule has 0 radical (unpaired) electrons. The Morgan fingerprint density at radius 3 is 2.35 bits per heavy atom. The van der Waals surface area contributed by atoms with Crippen LogP contribution in [0.15, 0.2) is 48.5 Å². The van der Waals surface area contributed by atoms with E-state index in [1.54, 1.807) is 0 Å². The molecule has 1 N–H and O–H groups in total. The van der Waals surface area contributed by atoms with Crippen LogP contribution in [0, 0.1) is 0 Å². The normalized spacial score (nSPS) is 16.2. The Hall–Kier alpha value is -2.29. The molecular formula is C20H24N2O. The van der Waals surface area contributed by atoms with Crippen LogP contribution in [0.3, 0.4) is 0 Å². The van der Waals surface area contributed by atoms with Gasteiger partial charge in [0.05, 0.1) is 17.9 Å². The van der Waals surface area contributed by atoms with Crippen molar-refractivity contribution >= 4 is 17.3 Å². The van der Waals surface area contributed by atoms with Gasteiger partial charge in [0.1, 0.15) is 5.54 Å². The molecule has 0 aromatic heterocycles. The number of para-hydroxylation sites is 2. The van der Waals surface area contributed by atoms with Gasteiger partial charge in [-0.1, -0.05) is 50.2 Å². The Morgan fingerprint density at radius 2 is 1.70 bits per heavy atom. The molecule has 0 spiro atoms. The Labute approximate surface area is 138 Å². The van der Waals surface area contributed by atoms with Crippen LogP contribution in [0.2, 0.25) is 0 Å². The van der Waals surface area contributed by atoms with Crippen molar-refractivity contribution in [1.29, 1.82) is 0 Å². The van der Waals surface area contributed by atoms with Gasteiger partial charge in [-0.3, -0.25) is 4.79 Å². The van der Waals surface area contributed by atoms with E-state index in [9.17, 15) is 4.79 Å². The summed E-state index contributed by atoms with van der Waals surface area (Å²) in [6.07, 6.45) is 0. The smallest absolute Gasteiger partial charge is 0.252 e. The molecule has 1 aliphatic heterocycles. The quantitative estimate of drug-likeness (QED) is 0.902. The summed E-state index contributed by atoms with van der Waals surface area (Å²) in [4.78, 5) is 14.7. The van der Waals surface area contributed by atoms with E-state index in [0.29, 0.717) is 12.5 Å². The van der Waals surface area contributed by atoms with Crippen LogP contribution in [-0.4, -0.2) is 11.4 Å². The zero-order valence-corrected chi connectivity index (χ0v) is 14.3. The summed E-state index contributed by atoms with van der Waals surface area (Å²) in [5.74, 6) is 0.619. The highest BCUT2D eigenvalue weighted by Crippen LogP contribution is 2.36. The third kappa shape index (κ3) is 2.96. The lowest BCUT2D eigenvalue weighted by Gasteiger charge is -2.40. The zero-order valence-electron chi connectivity index (χ0n) is 14.3. The molecule has 1 aliphatic rings. The van der Waals surface area contributed by atoms with Crippen molar-refractivity contribution in [2.45, 2.75) is 45.7 Å². The maximum Gasteiger partial charge on any atom is 0.252 e. The molecule has 3 heteroatoms. The van der Waals surface area contributed by atoms with Gasteiger partial charge in [0.15, 0.2) is 0 Å². The zero-order chi connectivity index (χ0) is 16.6. The fourth-order valence-electron chi connectivity index (χ4n) is 3.00. The van der Waals surface area contributed by atoms with Crippen LogP contribution >= 0.6 is 0 Å². The lowest BCUT2D eigenvalue weighted by Crippen LogP contribution is -2.53. The first kappa shape index (κ1) is 15.6. The summed E-state index contributed by atoms with van der Waals surface area (Å²) in [6, 6.07) is 16.6. The van der Waals surface area contributed by atoms with Gasteiger partial charge in [-0.05, 0) is 43.0 Å². The van der Waals surface area contributed by atoms with Gasteiger partial charge < -0.3 is 10.2 Å². The Kier molecular flexibility index (Phi) is 3.88. The molecule has 23 heavy (non-hydrogen) atoms. The minimum atomic E-state index is -0.591. The number of amides is 1. The van der Waals surface area contributed by atoms with Crippen LogP contribution in [0.4, 0.5) is 11.4 Å². The van der Waals surface area contributed by atoms with E-state index < -0.39 is 5.54 Å². The highest BCUT2D eigenvalue weighted by atomic mass is 16.2. The van der Waals surface area contributed by atoms with Gasteiger partial charge in [-0.2, -0.15) is 0 Å². The second-order valence-corrected chi connectivity index (χ2v) is 7.05.